The number of nitrogens with zero attached hydrogens (tertiary/aromatic N) is 1. The summed E-state index contributed by atoms with van der Waals surface area (Å²) in [7, 11) is 0. The fourth-order valence-corrected chi connectivity index (χ4v) is 1.74. The highest BCUT2D eigenvalue weighted by Crippen LogP contribution is 2.31. The molecule has 2 aromatic rings. The van der Waals surface area contributed by atoms with Crippen molar-refractivity contribution < 1.29 is 4.39 Å². The summed E-state index contributed by atoms with van der Waals surface area (Å²) in [5.41, 5.74) is -0.135. The molecule has 2 rings (SSSR count). The predicted molar refractivity (Wildman–Crippen MR) is 63.0 cm³/mol. The van der Waals surface area contributed by atoms with Gasteiger partial charge in [0.1, 0.15) is 0 Å². The Hall–Kier alpha value is -1.20. The van der Waals surface area contributed by atoms with Crippen molar-refractivity contribution >= 4 is 27.5 Å². The number of hydrogen-bond acceptors (Lipinski definition) is 2. The van der Waals surface area contributed by atoms with E-state index in [1.165, 1.54) is 18.6 Å². The molecule has 0 aliphatic rings. The monoisotopic (exact) mass is 302 g/mol. The van der Waals surface area contributed by atoms with E-state index in [-0.39, 0.29) is 16.1 Å². The summed E-state index contributed by atoms with van der Waals surface area (Å²) < 4.78 is 14.2. The quantitative estimate of drug-likeness (QED) is 0.823. The third kappa shape index (κ3) is 1.88. The molecule has 0 unspecified atom stereocenters. The van der Waals surface area contributed by atoms with Crippen LogP contribution in [0.5, 0.6) is 0 Å². The van der Waals surface area contributed by atoms with Crippen LogP contribution in [0, 0.1) is 5.82 Å². The maximum atomic E-state index is 13.8. The minimum atomic E-state index is -0.644. The molecule has 1 N–H and O–H groups in total. The van der Waals surface area contributed by atoms with Gasteiger partial charge in [-0.25, -0.2) is 9.37 Å². The molecular formula is C10H5BrClFN2O. The van der Waals surface area contributed by atoms with Crippen molar-refractivity contribution in [3.8, 4) is 11.1 Å². The van der Waals surface area contributed by atoms with Gasteiger partial charge in [-0.3, -0.25) is 4.79 Å². The molecule has 16 heavy (non-hydrogen) atoms. The Bertz CT molecular complexity index is 600. The van der Waals surface area contributed by atoms with E-state index in [1.54, 1.807) is 6.07 Å². The number of H-pyrrole nitrogens is 1. The largest absolute Gasteiger partial charge is 0.313 e. The lowest BCUT2D eigenvalue weighted by molar-refractivity contribution is 0.630. The van der Waals surface area contributed by atoms with Crippen LogP contribution in [0.15, 0.2) is 33.9 Å². The lowest BCUT2D eigenvalue weighted by Gasteiger charge is -2.04. The number of aromatic amines is 1. The molecule has 0 atom stereocenters. The van der Waals surface area contributed by atoms with Gasteiger partial charge in [-0.1, -0.05) is 11.6 Å². The molecule has 0 fully saturated rings. The summed E-state index contributed by atoms with van der Waals surface area (Å²) in [5.74, 6) is -0.644. The first kappa shape index (κ1) is 11.3. The molecule has 0 saturated carbocycles. The zero-order valence-corrected chi connectivity index (χ0v) is 10.1. The summed E-state index contributed by atoms with van der Waals surface area (Å²) in [5, 5.41) is -0.0549. The van der Waals surface area contributed by atoms with Gasteiger partial charge in [0, 0.05) is 16.2 Å². The Morgan fingerprint density at radius 1 is 1.38 bits per heavy atom. The second-order valence-corrected chi connectivity index (χ2v) is 4.25. The average molecular weight is 304 g/mol. The molecule has 1 aromatic carbocycles. The van der Waals surface area contributed by atoms with Crippen LogP contribution in [0.25, 0.3) is 11.1 Å². The molecule has 6 heteroatoms. The zero-order valence-electron chi connectivity index (χ0n) is 7.80. The first-order valence-corrected chi connectivity index (χ1v) is 5.45. The number of benzene rings is 1. The summed E-state index contributed by atoms with van der Waals surface area (Å²) in [6, 6.07) is 3.05. The Morgan fingerprint density at radius 2 is 2.12 bits per heavy atom. The molecule has 0 aliphatic heterocycles. The number of nitrogens with one attached hydrogen (secondary N) is 1. The first-order chi connectivity index (χ1) is 7.61. The van der Waals surface area contributed by atoms with Crippen molar-refractivity contribution in [2.75, 3.05) is 0 Å². The topological polar surface area (TPSA) is 45.8 Å². The van der Waals surface area contributed by atoms with Gasteiger partial charge in [-0.2, -0.15) is 0 Å². The van der Waals surface area contributed by atoms with Gasteiger partial charge >= 0.3 is 0 Å². The molecule has 0 radical (unpaired) electrons. The van der Waals surface area contributed by atoms with Crippen molar-refractivity contribution in [2.45, 2.75) is 0 Å². The van der Waals surface area contributed by atoms with Gasteiger partial charge < -0.3 is 4.98 Å². The van der Waals surface area contributed by atoms with E-state index < -0.39 is 11.4 Å². The molecule has 1 aromatic heterocycles. The average Bonchev–Trinajstić information content (AvgIpc) is 2.28. The van der Waals surface area contributed by atoms with Crippen LogP contribution in [-0.2, 0) is 0 Å². The molecule has 0 spiro atoms. The molecule has 0 saturated heterocycles. The lowest BCUT2D eigenvalue weighted by Crippen LogP contribution is -2.09. The minimum Gasteiger partial charge on any atom is -0.313 e. The highest BCUT2D eigenvalue weighted by molar-refractivity contribution is 9.10. The van der Waals surface area contributed by atoms with Crippen LogP contribution in [0.1, 0.15) is 0 Å². The van der Waals surface area contributed by atoms with Crippen LogP contribution >= 0.6 is 27.5 Å². The molecule has 3 nitrogen and oxygen atoms in total. The molecule has 0 bridgehead atoms. The Morgan fingerprint density at radius 3 is 2.81 bits per heavy atom. The van der Waals surface area contributed by atoms with Crippen molar-refractivity contribution in [3.05, 3.63) is 50.3 Å². The van der Waals surface area contributed by atoms with Crippen molar-refractivity contribution in [2.24, 2.45) is 0 Å². The summed E-state index contributed by atoms with van der Waals surface area (Å²) in [6.45, 7) is 0. The second kappa shape index (κ2) is 4.35. The summed E-state index contributed by atoms with van der Waals surface area (Å²) in [6.07, 6.45) is 2.53. The van der Waals surface area contributed by atoms with Crippen LogP contribution in [0.2, 0.25) is 5.02 Å². The van der Waals surface area contributed by atoms with Gasteiger partial charge in [-0.15, -0.1) is 0 Å². The van der Waals surface area contributed by atoms with E-state index in [2.05, 4.69) is 25.9 Å². The van der Waals surface area contributed by atoms with Crippen LogP contribution in [-0.4, -0.2) is 9.97 Å². The van der Waals surface area contributed by atoms with Crippen molar-refractivity contribution in [1.29, 1.82) is 0 Å². The Balaban J connectivity index is 2.71. The highest BCUT2D eigenvalue weighted by Gasteiger charge is 2.14. The lowest BCUT2D eigenvalue weighted by atomic mass is 10.1. The third-order valence-corrected chi connectivity index (χ3v) is 3.30. The van der Waals surface area contributed by atoms with E-state index in [0.717, 1.165) is 0 Å². The van der Waals surface area contributed by atoms with Crippen molar-refractivity contribution in [3.63, 3.8) is 0 Å². The van der Waals surface area contributed by atoms with E-state index >= 15 is 0 Å². The minimum absolute atomic E-state index is 0.0549. The number of halogens is 3. The van der Waals surface area contributed by atoms with E-state index in [4.69, 9.17) is 11.6 Å². The third-order valence-electron chi connectivity index (χ3n) is 2.04. The van der Waals surface area contributed by atoms with Gasteiger partial charge in [0.2, 0.25) is 0 Å². The molecular weight excluding hydrogens is 298 g/mol. The fourth-order valence-electron chi connectivity index (χ4n) is 1.27. The van der Waals surface area contributed by atoms with Crippen LogP contribution in [0.3, 0.4) is 0 Å². The normalized spacial score (nSPS) is 10.4. The summed E-state index contributed by atoms with van der Waals surface area (Å²) in [4.78, 5) is 17.6. The highest BCUT2D eigenvalue weighted by atomic mass is 79.9. The van der Waals surface area contributed by atoms with Gasteiger partial charge in [-0.05, 0) is 28.1 Å². The Kier molecular flexibility index (Phi) is 3.07. The fraction of sp³-hybridized carbons (Fsp3) is 0. The maximum absolute atomic E-state index is 13.8. The molecule has 0 aliphatic carbocycles. The van der Waals surface area contributed by atoms with E-state index in [0.29, 0.717) is 4.47 Å². The Labute approximate surface area is 103 Å². The van der Waals surface area contributed by atoms with Crippen molar-refractivity contribution in [1.82, 2.24) is 9.97 Å². The van der Waals surface area contributed by atoms with Gasteiger partial charge in [0.15, 0.2) is 5.82 Å². The zero-order chi connectivity index (χ0) is 11.7. The standard InChI is InChI=1S/C10H5BrClFN2O/c11-7-2-1-5(9(13)8(7)12)6-3-14-4-15-10(6)16/h1-4H,(H,14,15,16). The molecule has 82 valence electrons. The van der Waals surface area contributed by atoms with Gasteiger partial charge in [0.25, 0.3) is 5.56 Å². The molecule has 1 heterocycles. The smallest absolute Gasteiger partial charge is 0.258 e. The van der Waals surface area contributed by atoms with Crippen LogP contribution < -0.4 is 5.56 Å². The maximum Gasteiger partial charge on any atom is 0.258 e. The molecule has 0 amide bonds. The summed E-state index contributed by atoms with van der Waals surface area (Å²) >= 11 is 8.83. The van der Waals surface area contributed by atoms with E-state index in [1.807, 2.05) is 0 Å². The SMILES string of the molecule is O=c1[nH]cncc1-c1ccc(Br)c(Cl)c1F. The number of hydrogen-bond donors (Lipinski definition) is 1. The number of aromatic nitrogens is 2. The number of rotatable bonds is 1. The van der Waals surface area contributed by atoms with Crippen LogP contribution in [0.4, 0.5) is 4.39 Å². The van der Waals surface area contributed by atoms with Gasteiger partial charge in [0.05, 0.1) is 16.9 Å². The predicted octanol–water partition coefficient (Wildman–Crippen LogP) is 2.99. The first-order valence-electron chi connectivity index (χ1n) is 4.28. The second-order valence-electron chi connectivity index (χ2n) is 3.02. The van der Waals surface area contributed by atoms with E-state index in [9.17, 15) is 9.18 Å².